The van der Waals surface area contributed by atoms with Gasteiger partial charge in [-0.05, 0) is 36.8 Å². The minimum atomic E-state index is -0.334. The number of rotatable bonds is 4. The van der Waals surface area contributed by atoms with Crippen molar-refractivity contribution in [2.45, 2.75) is 17.5 Å². The van der Waals surface area contributed by atoms with Crippen LogP contribution in [-0.2, 0) is 4.79 Å². The maximum absolute atomic E-state index is 12.4. The van der Waals surface area contributed by atoms with Crippen LogP contribution in [0, 0.1) is 0 Å². The molecule has 6 nitrogen and oxygen atoms in total. The molecule has 1 aromatic heterocycles. The number of pyridine rings is 1. The predicted octanol–water partition coefficient (Wildman–Crippen LogP) is 2.40. The van der Waals surface area contributed by atoms with E-state index in [0.717, 1.165) is 11.3 Å². The highest BCUT2D eigenvalue weighted by Crippen LogP contribution is 2.42. The van der Waals surface area contributed by atoms with E-state index in [1.165, 1.54) is 16.8 Å². The van der Waals surface area contributed by atoms with Gasteiger partial charge in [-0.1, -0.05) is 12.1 Å². The molecule has 3 rings (SSSR count). The summed E-state index contributed by atoms with van der Waals surface area (Å²) >= 11 is 1.49. The van der Waals surface area contributed by atoms with Crippen LogP contribution in [0.3, 0.4) is 0 Å². The summed E-state index contributed by atoms with van der Waals surface area (Å²) in [7, 11) is 1.60. The minimum absolute atomic E-state index is 0.122. The maximum atomic E-state index is 12.4. The van der Waals surface area contributed by atoms with Gasteiger partial charge in [0.25, 0.3) is 11.8 Å². The van der Waals surface area contributed by atoms with Crippen LogP contribution in [-0.4, -0.2) is 34.2 Å². The highest BCUT2D eigenvalue weighted by Gasteiger charge is 2.39. The Kier molecular flexibility index (Phi) is 4.71. The van der Waals surface area contributed by atoms with E-state index in [4.69, 9.17) is 4.74 Å². The van der Waals surface area contributed by atoms with E-state index >= 15 is 0 Å². The third-order valence-corrected chi connectivity index (χ3v) is 5.07. The van der Waals surface area contributed by atoms with Gasteiger partial charge >= 0.3 is 0 Å². The van der Waals surface area contributed by atoms with Crippen molar-refractivity contribution in [2.75, 3.05) is 7.11 Å². The van der Waals surface area contributed by atoms with Crippen molar-refractivity contribution in [1.82, 2.24) is 15.4 Å². The van der Waals surface area contributed by atoms with Crippen LogP contribution in [0.4, 0.5) is 0 Å². The Morgan fingerprint density at radius 1 is 1.21 bits per heavy atom. The lowest BCUT2D eigenvalue weighted by molar-refractivity contribution is -0.132. The van der Waals surface area contributed by atoms with Gasteiger partial charge in [0.15, 0.2) is 0 Å². The molecule has 0 spiro atoms. The second-order valence-electron chi connectivity index (χ2n) is 5.29. The van der Waals surface area contributed by atoms with E-state index in [1.54, 1.807) is 31.6 Å². The number of hydrazine groups is 1. The largest absolute Gasteiger partial charge is 0.497 e. The lowest BCUT2D eigenvalue weighted by Gasteiger charge is -2.24. The summed E-state index contributed by atoms with van der Waals surface area (Å²) in [5.74, 6) is 0.288. The molecule has 1 saturated heterocycles. The maximum Gasteiger partial charge on any atom is 0.270 e. The SMILES string of the molecule is COc1ccc(C2SC(C)C(=O)N2NC(=O)c2ccncc2)cc1. The number of hydrogen-bond acceptors (Lipinski definition) is 5. The lowest BCUT2D eigenvalue weighted by Crippen LogP contribution is -2.45. The molecule has 1 aliphatic heterocycles. The fraction of sp³-hybridized carbons (Fsp3) is 0.235. The van der Waals surface area contributed by atoms with E-state index in [2.05, 4.69) is 10.4 Å². The monoisotopic (exact) mass is 343 g/mol. The average Bonchev–Trinajstić information content (AvgIpc) is 2.91. The fourth-order valence-electron chi connectivity index (χ4n) is 2.41. The molecule has 24 heavy (non-hydrogen) atoms. The Labute approximate surface area is 144 Å². The molecule has 2 aromatic rings. The Morgan fingerprint density at radius 2 is 1.88 bits per heavy atom. The summed E-state index contributed by atoms with van der Waals surface area (Å²) in [4.78, 5) is 28.7. The number of aromatic nitrogens is 1. The van der Waals surface area contributed by atoms with Gasteiger partial charge in [-0.25, -0.2) is 5.01 Å². The first-order valence-electron chi connectivity index (χ1n) is 7.43. The summed E-state index contributed by atoms with van der Waals surface area (Å²) in [6.45, 7) is 1.84. The number of hydrogen-bond donors (Lipinski definition) is 1. The van der Waals surface area contributed by atoms with Crippen LogP contribution in [0.25, 0.3) is 0 Å². The van der Waals surface area contributed by atoms with Crippen molar-refractivity contribution >= 4 is 23.6 Å². The van der Waals surface area contributed by atoms with Gasteiger partial charge in [-0.15, -0.1) is 11.8 Å². The first-order chi connectivity index (χ1) is 11.6. The number of nitrogens with one attached hydrogen (secondary N) is 1. The second kappa shape index (κ2) is 6.92. The Hall–Kier alpha value is -2.54. The molecule has 1 aliphatic rings. The standard InChI is InChI=1S/C17H17N3O3S/c1-11-16(22)20(19-15(21)12-7-9-18-10-8-12)17(24-11)13-3-5-14(23-2)6-4-13/h3-11,17H,1-2H3,(H,19,21). The zero-order chi connectivity index (χ0) is 17.1. The molecule has 1 aromatic carbocycles. The van der Waals surface area contributed by atoms with Crippen molar-refractivity contribution in [3.05, 3.63) is 59.9 Å². The highest BCUT2D eigenvalue weighted by molar-refractivity contribution is 8.01. The van der Waals surface area contributed by atoms with E-state index in [1.807, 2.05) is 31.2 Å². The number of methoxy groups -OCH3 is 1. The van der Waals surface area contributed by atoms with Crippen LogP contribution in [0.2, 0.25) is 0 Å². The number of amides is 2. The first-order valence-corrected chi connectivity index (χ1v) is 8.38. The van der Waals surface area contributed by atoms with Gasteiger partial charge in [0.2, 0.25) is 0 Å². The molecule has 0 bridgehead atoms. The van der Waals surface area contributed by atoms with Crippen LogP contribution in [0.5, 0.6) is 5.75 Å². The number of ether oxygens (including phenoxy) is 1. The van der Waals surface area contributed by atoms with Crippen molar-refractivity contribution in [3.63, 3.8) is 0 Å². The number of nitrogens with zero attached hydrogens (tertiary/aromatic N) is 2. The normalized spacial score (nSPS) is 20.1. The fourth-order valence-corrected chi connectivity index (χ4v) is 3.62. The topological polar surface area (TPSA) is 71.5 Å². The molecular weight excluding hydrogens is 326 g/mol. The third kappa shape index (κ3) is 3.21. The molecule has 2 amide bonds. The van der Waals surface area contributed by atoms with Gasteiger partial charge < -0.3 is 4.74 Å². The Morgan fingerprint density at radius 3 is 2.50 bits per heavy atom. The van der Waals surface area contributed by atoms with E-state index < -0.39 is 0 Å². The molecule has 2 atom stereocenters. The summed E-state index contributed by atoms with van der Waals surface area (Å²) in [6, 6.07) is 10.7. The van der Waals surface area contributed by atoms with Gasteiger partial charge in [-0.2, -0.15) is 0 Å². The molecule has 2 heterocycles. The van der Waals surface area contributed by atoms with E-state index in [0.29, 0.717) is 5.56 Å². The predicted molar refractivity (Wildman–Crippen MR) is 91.3 cm³/mol. The summed E-state index contributed by atoms with van der Waals surface area (Å²) in [5.41, 5.74) is 4.10. The lowest BCUT2D eigenvalue weighted by atomic mass is 10.2. The summed E-state index contributed by atoms with van der Waals surface area (Å²) < 4.78 is 5.16. The molecule has 0 saturated carbocycles. The highest BCUT2D eigenvalue weighted by atomic mass is 32.2. The van der Waals surface area contributed by atoms with Gasteiger partial charge in [0.1, 0.15) is 11.1 Å². The third-order valence-electron chi connectivity index (χ3n) is 3.72. The second-order valence-corrected chi connectivity index (χ2v) is 6.71. The van der Waals surface area contributed by atoms with Gasteiger partial charge in [0, 0.05) is 18.0 Å². The summed E-state index contributed by atoms with van der Waals surface area (Å²) in [5, 5.41) is 0.902. The van der Waals surface area contributed by atoms with Gasteiger partial charge in [0.05, 0.1) is 12.4 Å². The van der Waals surface area contributed by atoms with Crippen molar-refractivity contribution in [1.29, 1.82) is 0 Å². The van der Waals surface area contributed by atoms with Crippen molar-refractivity contribution in [2.24, 2.45) is 0 Å². The molecule has 7 heteroatoms. The van der Waals surface area contributed by atoms with Crippen LogP contribution in [0.15, 0.2) is 48.8 Å². The van der Waals surface area contributed by atoms with Crippen molar-refractivity contribution in [3.8, 4) is 5.75 Å². The van der Waals surface area contributed by atoms with E-state index in [9.17, 15) is 9.59 Å². The summed E-state index contributed by atoms with van der Waals surface area (Å²) in [6.07, 6.45) is 3.08. The Balaban J connectivity index is 1.82. The number of thioether (sulfide) groups is 1. The molecule has 1 fully saturated rings. The molecular formula is C17H17N3O3S. The van der Waals surface area contributed by atoms with Crippen LogP contribution < -0.4 is 10.2 Å². The molecule has 124 valence electrons. The number of carbonyl (C=O) groups is 2. The first kappa shape index (κ1) is 16.3. The molecule has 0 radical (unpaired) electrons. The quantitative estimate of drug-likeness (QED) is 0.923. The zero-order valence-corrected chi connectivity index (χ0v) is 14.1. The minimum Gasteiger partial charge on any atom is -0.497 e. The number of carbonyl (C=O) groups excluding carboxylic acids is 2. The molecule has 2 unspecified atom stereocenters. The van der Waals surface area contributed by atoms with Crippen LogP contribution >= 0.6 is 11.8 Å². The number of benzene rings is 1. The smallest absolute Gasteiger partial charge is 0.270 e. The van der Waals surface area contributed by atoms with Crippen molar-refractivity contribution < 1.29 is 14.3 Å². The van der Waals surface area contributed by atoms with Crippen LogP contribution in [0.1, 0.15) is 28.2 Å². The zero-order valence-electron chi connectivity index (χ0n) is 13.3. The molecule has 0 aliphatic carbocycles. The van der Waals surface area contributed by atoms with Gasteiger partial charge in [-0.3, -0.25) is 20.0 Å². The average molecular weight is 343 g/mol. The molecule has 1 N–H and O–H groups in total. The Bertz CT molecular complexity index is 737. The van der Waals surface area contributed by atoms with E-state index in [-0.39, 0.29) is 22.4 Å².